The monoisotopic (exact) mass is 260 g/mol. The molecule has 19 heavy (non-hydrogen) atoms. The largest absolute Gasteiger partial charge is 0.333 e. The van der Waals surface area contributed by atoms with E-state index in [0.29, 0.717) is 18.4 Å². The second kappa shape index (κ2) is 6.71. The predicted octanol–water partition coefficient (Wildman–Crippen LogP) is 2.74. The molecule has 2 unspecified atom stereocenters. The predicted molar refractivity (Wildman–Crippen MR) is 77.9 cm³/mol. The number of piperazine rings is 1. The lowest BCUT2D eigenvalue weighted by Crippen LogP contribution is -2.53. The van der Waals surface area contributed by atoms with Crippen LogP contribution in [0.25, 0.3) is 0 Å². The van der Waals surface area contributed by atoms with Gasteiger partial charge in [0.25, 0.3) is 0 Å². The minimum atomic E-state index is 0.182. The van der Waals surface area contributed by atoms with Crippen LogP contribution in [0, 0.1) is 0 Å². The molecule has 2 rings (SSSR count). The summed E-state index contributed by atoms with van der Waals surface area (Å²) in [5.41, 5.74) is 1.23. The van der Waals surface area contributed by atoms with Crippen LogP contribution in [0.5, 0.6) is 0 Å². The first kappa shape index (κ1) is 14.1. The lowest BCUT2D eigenvalue weighted by molar-refractivity contribution is -0.135. The third-order valence-electron chi connectivity index (χ3n) is 3.76. The topological polar surface area (TPSA) is 32.3 Å². The second-order valence-corrected chi connectivity index (χ2v) is 5.39. The summed E-state index contributed by atoms with van der Waals surface area (Å²) in [7, 11) is 0. The van der Waals surface area contributed by atoms with Crippen LogP contribution in [0.1, 0.15) is 44.7 Å². The molecule has 3 heteroatoms. The fraction of sp³-hybridized carbons (Fsp3) is 0.562. The van der Waals surface area contributed by atoms with Gasteiger partial charge in [-0.2, -0.15) is 0 Å². The first-order valence-electron chi connectivity index (χ1n) is 7.30. The fourth-order valence-corrected chi connectivity index (χ4v) is 2.63. The molecule has 104 valence electrons. The third kappa shape index (κ3) is 3.57. The molecule has 1 aromatic carbocycles. The van der Waals surface area contributed by atoms with Crippen molar-refractivity contribution in [1.29, 1.82) is 0 Å². The van der Waals surface area contributed by atoms with E-state index in [9.17, 15) is 4.79 Å². The summed E-state index contributed by atoms with van der Waals surface area (Å²) in [4.78, 5) is 14.4. The molecule has 1 saturated heterocycles. The van der Waals surface area contributed by atoms with Gasteiger partial charge in [-0.1, -0.05) is 43.7 Å². The van der Waals surface area contributed by atoms with Crippen LogP contribution < -0.4 is 5.32 Å². The Morgan fingerprint density at radius 3 is 2.79 bits per heavy atom. The Hall–Kier alpha value is -1.35. The highest BCUT2D eigenvalue weighted by Gasteiger charge is 2.29. The van der Waals surface area contributed by atoms with Crippen LogP contribution in [-0.4, -0.2) is 29.9 Å². The number of carbonyl (C=O) groups is 1. The molecule has 0 saturated carbocycles. The van der Waals surface area contributed by atoms with Crippen LogP contribution in [0.4, 0.5) is 0 Å². The van der Waals surface area contributed by atoms with E-state index in [0.717, 1.165) is 25.9 Å². The van der Waals surface area contributed by atoms with E-state index in [1.807, 2.05) is 18.2 Å². The van der Waals surface area contributed by atoms with Gasteiger partial charge >= 0.3 is 0 Å². The highest BCUT2D eigenvalue weighted by atomic mass is 16.2. The number of carbonyl (C=O) groups excluding carboxylic acids is 1. The van der Waals surface area contributed by atoms with E-state index in [1.165, 1.54) is 5.56 Å². The zero-order valence-electron chi connectivity index (χ0n) is 11.9. The number of nitrogens with one attached hydrogen (secondary N) is 1. The number of benzene rings is 1. The Labute approximate surface area is 116 Å². The summed E-state index contributed by atoms with van der Waals surface area (Å²) in [6.45, 7) is 5.93. The molecule has 0 aliphatic carbocycles. The lowest BCUT2D eigenvalue weighted by atomic mass is 10.0. The van der Waals surface area contributed by atoms with Gasteiger partial charge in [0.15, 0.2) is 0 Å². The van der Waals surface area contributed by atoms with Crippen LogP contribution >= 0.6 is 0 Å². The average Bonchev–Trinajstić information content (AvgIpc) is 2.45. The molecule has 1 aromatic rings. The van der Waals surface area contributed by atoms with Gasteiger partial charge < -0.3 is 10.2 Å². The van der Waals surface area contributed by atoms with Gasteiger partial charge in [-0.05, 0) is 18.9 Å². The number of amides is 1. The van der Waals surface area contributed by atoms with Crippen molar-refractivity contribution < 1.29 is 4.79 Å². The van der Waals surface area contributed by atoms with Crippen molar-refractivity contribution in [2.45, 2.75) is 45.2 Å². The van der Waals surface area contributed by atoms with Crippen molar-refractivity contribution in [2.75, 3.05) is 13.1 Å². The first-order valence-corrected chi connectivity index (χ1v) is 7.30. The Balaban J connectivity index is 2.13. The van der Waals surface area contributed by atoms with E-state index in [2.05, 4.69) is 36.2 Å². The van der Waals surface area contributed by atoms with Gasteiger partial charge in [-0.25, -0.2) is 0 Å². The summed E-state index contributed by atoms with van der Waals surface area (Å²) in [6, 6.07) is 10.9. The van der Waals surface area contributed by atoms with Crippen LogP contribution in [0.15, 0.2) is 30.3 Å². The maximum Gasteiger partial charge on any atom is 0.223 e. The standard InChI is InChI=1S/C16H24N2O/c1-3-4-10-16(19)18-12-13(2)17-11-15(18)14-8-6-5-7-9-14/h5-9,13,15,17H,3-4,10-12H2,1-2H3. The lowest BCUT2D eigenvalue weighted by Gasteiger charge is -2.39. The van der Waals surface area contributed by atoms with Gasteiger partial charge in [-0.15, -0.1) is 0 Å². The number of nitrogens with zero attached hydrogens (tertiary/aromatic N) is 1. The Kier molecular flexibility index (Phi) is 4.97. The van der Waals surface area contributed by atoms with E-state index in [4.69, 9.17) is 0 Å². The van der Waals surface area contributed by atoms with E-state index in [1.54, 1.807) is 0 Å². The summed E-state index contributed by atoms with van der Waals surface area (Å²) in [6.07, 6.45) is 2.73. The molecule has 0 aromatic heterocycles. The first-order chi connectivity index (χ1) is 9.22. The van der Waals surface area contributed by atoms with Crippen molar-refractivity contribution in [2.24, 2.45) is 0 Å². The number of rotatable bonds is 4. The minimum absolute atomic E-state index is 0.182. The molecule has 1 amide bonds. The SMILES string of the molecule is CCCCC(=O)N1CC(C)NCC1c1ccccc1. The highest BCUT2D eigenvalue weighted by molar-refractivity contribution is 5.77. The molecule has 2 atom stereocenters. The minimum Gasteiger partial charge on any atom is -0.333 e. The van der Waals surface area contributed by atoms with Crippen molar-refractivity contribution >= 4 is 5.91 Å². The van der Waals surface area contributed by atoms with E-state index < -0.39 is 0 Å². The normalized spacial score (nSPS) is 23.4. The van der Waals surface area contributed by atoms with Gasteiger partial charge in [0.1, 0.15) is 0 Å². The fourth-order valence-electron chi connectivity index (χ4n) is 2.63. The molecule has 3 nitrogen and oxygen atoms in total. The summed E-state index contributed by atoms with van der Waals surface area (Å²) in [5.74, 6) is 0.295. The maximum absolute atomic E-state index is 12.4. The zero-order valence-corrected chi connectivity index (χ0v) is 11.9. The summed E-state index contributed by atoms with van der Waals surface area (Å²) in [5, 5.41) is 3.48. The Morgan fingerprint density at radius 1 is 1.37 bits per heavy atom. The zero-order chi connectivity index (χ0) is 13.7. The van der Waals surface area contributed by atoms with Crippen molar-refractivity contribution in [3.63, 3.8) is 0 Å². The molecule has 1 fully saturated rings. The summed E-state index contributed by atoms with van der Waals surface area (Å²) >= 11 is 0. The summed E-state index contributed by atoms with van der Waals surface area (Å²) < 4.78 is 0. The highest BCUT2D eigenvalue weighted by Crippen LogP contribution is 2.24. The van der Waals surface area contributed by atoms with Gasteiger partial charge in [0, 0.05) is 25.6 Å². The van der Waals surface area contributed by atoms with E-state index in [-0.39, 0.29) is 6.04 Å². The van der Waals surface area contributed by atoms with Crippen LogP contribution in [0.2, 0.25) is 0 Å². The Bertz CT molecular complexity index is 404. The smallest absolute Gasteiger partial charge is 0.223 e. The number of hydrogen-bond donors (Lipinski definition) is 1. The third-order valence-corrected chi connectivity index (χ3v) is 3.76. The van der Waals surface area contributed by atoms with Crippen molar-refractivity contribution in [3.05, 3.63) is 35.9 Å². The molecule has 1 N–H and O–H groups in total. The maximum atomic E-state index is 12.4. The van der Waals surface area contributed by atoms with Gasteiger partial charge in [-0.3, -0.25) is 4.79 Å². The quantitative estimate of drug-likeness (QED) is 0.903. The molecule has 0 spiro atoms. The molecule has 1 heterocycles. The Morgan fingerprint density at radius 2 is 2.11 bits per heavy atom. The van der Waals surface area contributed by atoms with Crippen LogP contribution in [0.3, 0.4) is 0 Å². The van der Waals surface area contributed by atoms with Crippen LogP contribution in [-0.2, 0) is 4.79 Å². The van der Waals surface area contributed by atoms with Gasteiger partial charge in [0.2, 0.25) is 5.91 Å². The molecule has 1 aliphatic heterocycles. The number of hydrogen-bond acceptors (Lipinski definition) is 2. The van der Waals surface area contributed by atoms with E-state index >= 15 is 0 Å². The molecular formula is C16H24N2O. The average molecular weight is 260 g/mol. The van der Waals surface area contributed by atoms with Gasteiger partial charge in [0.05, 0.1) is 6.04 Å². The van der Waals surface area contributed by atoms with Crippen molar-refractivity contribution in [3.8, 4) is 0 Å². The molecule has 0 bridgehead atoms. The second-order valence-electron chi connectivity index (χ2n) is 5.39. The molecule has 0 radical (unpaired) electrons. The number of unbranched alkanes of at least 4 members (excludes halogenated alkanes) is 1. The molecular weight excluding hydrogens is 236 g/mol. The van der Waals surface area contributed by atoms with Crippen molar-refractivity contribution in [1.82, 2.24) is 10.2 Å². The molecule has 1 aliphatic rings.